The molecule has 2 aromatic carbocycles. The zero-order valence-electron chi connectivity index (χ0n) is 17.4. The highest BCUT2D eigenvalue weighted by molar-refractivity contribution is 6.02. The molecule has 4 heteroatoms. The number of amides is 1. The molecule has 5 rings (SSSR count). The average molecular weight is 396 g/mol. The first-order valence-corrected chi connectivity index (χ1v) is 10.6. The number of pyridine rings is 1. The maximum absolute atomic E-state index is 12.6. The van der Waals surface area contributed by atoms with E-state index in [1.807, 2.05) is 37.3 Å². The predicted molar refractivity (Wildman–Crippen MR) is 121 cm³/mol. The van der Waals surface area contributed by atoms with Gasteiger partial charge in [0.2, 0.25) is 0 Å². The Bertz CT molecular complexity index is 1280. The van der Waals surface area contributed by atoms with Crippen LogP contribution in [0, 0.1) is 6.92 Å². The molecule has 150 valence electrons. The van der Waals surface area contributed by atoms with E-state index in [9.17, 15) is 4.79 Å². The lowest BCUT2D eigenvalue weighted by Gasteiger charge is -2.20. The van der Waals surface area contributed by atoms with Crippen molar-refractivity contribution in [2.75, 3.05) is 0 Å². The summed E-state index contributed by atoms with van der Waals surface area (Å²) >= 11 is 0. The van der Waals surface area contributed by atoms with Crippen molar-refractivity contribution in [2.45, 2.75) is 39.2 Å². The van der Waals surface area contributed by atoms with Crippen molar-refractivity contribution in [1.82, 2.24) is 9.55 Å². The number of nitrogens with two attached hydrogens (primary N) is 1. The van der Waals surface area contributed by atoms with Gasteiger partial charge in [-0.15, -0.1) is 0 Å². The minimum absolute atomic E-state index is 0.225. The van der Waals surface area contributed by atoms with E-state index in [0.29, 0.717) is 5.56 Å². The second kappa shape index (κ2) is 7.13. The summed E-state index contributed by atoms with van der Waals surface area (Å²) in [5.74, 6) is -0.391. The molecule has 0 saturated carbocycles. The second-order valence-electron chi connectivity index (χ2n) is 8.01. The molecule has 0 spiro atoms. The van der Waals surface area contributed by atoms with Gasteiger partial charge in [-0.1, -0.05) is 55.5 Å². The van der Waals surface area contributed by atoms with Gasteiger partial charge in [0, 0.05) is 22.3 Å². The Hall–Kier alpha value is -3.40. The van der Waals surface area contributed by atoms with Gasteiger partial charge in [0.25, 0.3) is 5.91 Å². The Kier molecular flexibility index (Phi) is 4.43. The van der Waals surface area contributed by atoms with Gasteiger partial charge < -0.3 is 10.3 Å². The van der Waals surface area contributed by atoms with Crippen molar-refractivity contribution in [3.05, 3.63) is 88.7 Å². The van der Waals surface area contributed by atoms with Crippen molar-refractivity contribution in [3.63, 3.8) is 0 Å². The van der Waals surface area contributed by atoms with Crippen LogP contribution >= 0.6 is 0 Å². The number of fused-ring (bicyclic) bond motifs is 2. The molecule has 30 heavy (non-hydrogen) atoms. The number of benzene rings is 2. The van der Waals surface area contributed by atoms with Gasteiger partial charge in [-0.25, -0.2) is 4.98 Å². The molecule has 2 N–H and O–H groups in total. The molecule has 0 fully saturated rings. The number of hydrogen-bond donors (Lipinski definition) is 1. The lowest BCUT2D eigenvalue weighted by molar-refractivity contribution is 0.1000. The number of carbonyl (C=O) groups excluding carboxylic acids is 1. The minimum Gasteiger partial charge on any atom is -0.366 e. The lowest BCUT2D eigenvalue weighted by Crippen LogP contribution is -2.15. The van der Waals surface area contributed by atoms with Crippen molar-refractivity contribution < 1.29 is 4.79 Å². The van der Waals surface area contributed by atoms with E-state index in [2.05, 4.69) is 41.8 Å². The van der Waals surface area contributed by atoms with Gasteiger partial charge >= 0.3 is 0 Å². The molecule has 2 heterocycles. The number of aromatic nitrogens is 2. The summed E-state index contributed by atoms with van der Waals surface area (Å²) in [5, 5.41) is 1.08. The standard InChI is InChI=1S/C26H25N3O/c1-3-22-25(21-14-12-18-9-5-7-11-20(18)28-21)24(26(27)30)16(2)29(22)23-15-13-17-8-4-6-10-19(17)23/h4-12,14,23H,3,13,15H2,1-2H3,(H2,27,30). The highest BCUT2D eigenvalue weighted by atomic mass is 16.1. The molecular weight excluding hydrogens is 370 g/mol. The van der Waals surface area contributed by atoms with Crippen LogP contribution in [0.3, 0.4) is 0 Å². The third-order valence-electron chi connectivity index (χ3n) is 6.40. The van der Waals surface area contributed by atoms with Crippen molar-refractivity contribution in [2.24, 2.45) is 5.73 Å². The third kappa shape index (κ3) is 2.75. The number of hydrogen-bond acceptors (Lipinski definition) is 2. The first-order chi connectivity index (χ1) is 14.6. The van der Waals surface area contributed by atoms with Gasteiger partial charge in [-0.05, 0) is 49.4 Å². The summed E-state index contributed by atoms with van der Waals surface area (Å²) in [7, 11) is 0. The highest BCUT2D eigenvalue weighted by Gasteiger charge is 2.31. The Morgan fingerprint density at radius 3 is 2.67 bits per heavy atom. The summed E-state index contributed by atoms with van der Waals surface area (Å²) in [6.07, 6.45) is 2.89. The Morgan fingerprint density at radius 1 is 1.10 bits per heavy atom. The molecule has 1 atom stereocenters. The fourth-order valence-corrected chi connectivity index (χ4v) is 5.12. The van der Waals surface area contributed by atoms with Gasteiger partial charge in [-0.3, -0.25) is 4.79 Å². The first-order valence-electron chi connectivity index (χ1n) is 10.6. The number of aryl methyl sites for hydroxylation is 1. The van der Waals surface area contributed by atoms with Gasteiger partial charge in [0.05, 0.1) is 22.8 Å². The fraction of sp³-hybridized carbons (Fsp3) is 0.231. The van der Waals surface area contributed by atoms with E-state index in [4.69, 9.17) is 10.7 Å². The third-order valence-corrected chi connectivity index (χ3v) is 6.40. The molecule has 0 bridgehead atoms. The van der Waals surface area contributed by atoms with Crippen molar-refractivity contribution in [3.8, 4) is 11.3 Å². The summed E-state index contributed by atoms with van der Waals surface area (Å²) in [6, 6.07) is 21.0. The lowest BCUT2D eigenvalue weighted by atomic mass is 10.0. The van der Waals surface area contributed by atoms with E-state index >= 15 is 0 Å². The molecule has 0 aliphatic heterocycles. The smallest absolute Gasteiger partial charge is 0.251 e. The van der Waals surface area contributed by atoms with E-state index in [-0.39, 0.29) is 6.04 Å². The van der Waals surface area contributed by atoms with Crippen LogP contribution in [0.2, 0.25) is 0 Å². The summed E-state index contributed by atoms with van der Waals surface area (Å²) in [5.41, 5.74) is 13.9. The SMILES string of the molecule is CCc1c(-c2ccc3ccccc3n2)c(C(N)=O)c(C)n1C1CCc2ccccc21. The molecule has 4 nitrogen and oxygen atoms in total. The second-order valence-corrected chi connectivity index (χ2v) is 8.01. The average Bonchev–Trinajstić information content (AvgIpc) is 3.31. The van der Waals surface area contributed by atoms with Crippen LogP contribution in [0.1, 0.15) is 52.3 Å². The minimum atomic E-state index is -0.391. The molecule has 1 aliphatic rings. The number of rotatable bonds is 4. The van der Waals surface area contributed by atoms with Crippen LogP contribution in [-0.2, 0) is 12.8 Å². The summed E-state index contributed by atoms with van der Waals surface area (Å²) in [4.78, 5) is 17.5. The van der Waals surface area contributed by atoms with Gasteiger partial charge in [0.1, 0.15) is 0 Å². The molecule has 1 amide bonds. The van der Waals surface area contributed by atoms with E-state index in [1.54, 1.807) is 0 Å². The van der Waals surface area contributed by atoms with Crippen LogP contribution in [0.15, 0.2) is 60.7 Å². The maximum Gasteiger partial charge on any atom is 0.251 e. The van der Waals surface area contributed by atoms with Crippen LogP contribution < -0.4 is 5.73 Å². The first kappa shape index (κ1) is 18.6. The van der Waals surface area contributed by atoms with E-state index in [0.717, 1.165) is 52.8 Å². The molecule has 0 saturated heterocycles. The number of carbonyl (C=O) groups is 1. The number of nitrogens with zero attached hydrogens (tertiary/aromatic N) is 2. The van der Waals surface area contributed by atoms with Crippen LogP contribution in [0.5, 0.6) is 0 Å². The fourth-order valence-electron chi connectivity index (χ4n) is 5.12. The largest absolute Gasteiger partial charge is 0.366 e. The molecule has 0 radical (unpaired) electrons. The normalized spacial score (nSPS) is 15.5. The Balaban J connectivity index is 1.77. The van der Waals surface area contributed by atoms with Crippen LogP contribution in [0.4, 0.5) is 0 Å². The molecular formula is C26H25N3O. The van der Waals surface area contributed by atoms with E-state index < -0.39 is 5.91 Å². The zero-order chi connectivity index (χ0) is 20.8. The van der Waals surface area contributed by atoms with Crippen LogP contribution in [-0.4, -0.2) is 15.5 Å². The zero-order valence-corrected chi connectivity index (χ0v) is 17.4. The molecule has 1 aliphatic carbocycles. The monoisotopic (exact) mass is 395 g/mol. The topological polar surface area (TPSA) is 60.9 Å². The van der Waals surface area contributed by atoms with Gasteiger partial charge in [0.15, 0.2) is 0 Å². The number of primary amides is 1. The molecule has 1 unspecified atom stereocenters. The van der Waals surface area contributed by atoms with Gasteiger partial charge in [-0.2, -0.15) is 0 Å². The van der Waals surface area contributed by atoms with Crippen molar-refractivity contribution in [1.29, 1.82) is 0 Å². The summed E-state index contributed by atoms with van der Waals surface area (Å²) in [6.45, 7) is 4.16. The molecule has 4 aromatic rings. The maximum atomic E-state index is 12.6. The summed E-state index contributed by atoms with van der Waals surface area (Å²) < 4.78 is 2.35. The Morgan fingerprint density at radius 2 is 1.87 bits per heavy atom. The quantitative estimate of drug-likeness (QED) is 0.516. The molecule has 2 aromatic heterocycles. The highest BCUT2D eigenvalue weighted by Crippen LogP contribution is 2.41. The van der Waals surface area contributed by atoms with Crippen molar-refractivity contribution >= 4 is 16.8 Å². The number of para-hydroxylation sites is 1. The van der Waals surface area contributed by atoms with E-state index in [1.165, 1.54) is 11.1 Å². The predicted octanol–water partition coefficient (Wildman–Crippen LogP) is 5.21. The Labute approximate surface area is 176 Å². The van der Waals surface area contributed by atoms with Crippen LogP contribution in [0.25, 0.3) is 22.2 Å².